The number of nitrogens with one attached hydrogen (secondary N) is 1. The Morgan fingerprint density at radius 3 is 2.76 bits per heavy atom. The average Bonchev–Trinajstić information content (AvgIpc) is 2.81. The van der Waals surface area contributed by atoms with E-state index in [4.69, 9.17) is 11.6 Å². The fourth-order valence-corrected chi connectivity index (χ4v) is 3.34. The second kappa shape index (κ2) is 7.02. The number of rotatable bonds is 6. The molecule has 0 aliphatic carbocycles. The first-order chi connectivity index (χ1) is 9.95. The number of nitro benzene ring substituents is 1. The quantitative estimate of drug-likeness (QED) is 0.635. The maximum absolute atomic E-state index is 11.0. The van der Waals surface area contributed by atoms with Crippen LogP contribution in [-0.4, -0.2) is 11.0 Å². The molecule has 1 N–H and O–H groups in total. The first-order valence-electron chi connectivity index (χ1n) is 6.67. The van der Waals surface area contributed by atoms with Gasteiger partial charge in [-0.15, -0.1) is 11.3 Å². The predicted octanol–water partition coefficient (Wildman–Crippen LogP) is 4.34. The van der Waals surface area contributed by atoms with Crippen molar-refractivity contribution in [2.24, 2.45) is 0 Å². The number of nitro groups is 1. The third kappa shape index (κ3) is 4.52. The van der Waals surface area contributed by atoms with Gasteiger partial charge in [0, 0.05) is 39.0 Å². The highest BCUT2D eigenvalue weighted by atomic mass is 35.5. The number of hydrogen-bond donors (Lipinski definition) is 1. The van der Waals surface area contributed by atoms with Crippen LogP contribution < -0.4 is 5.32 Å². The van der Waals surface area contributed by atoms with E-state index in [-0.39, 0.29) is 16.7 Å². The number of hydrogen-bond acceptors (Lipinski definition) is 4. The molecule has 0 amide bonds. The maximum Gasteiger partial charge on any atom is 0.273 e. The third-order valence-electron chi connectivity index (χ3n) is 3.18. The molecule has 1 unspecified atom stereocenters. The average molecular weight is 325 g/mol. The van der Waals surface area contributed by atoms with Gasteiger partial charge < -0.3 is 5.32 Å². The number of benzene rings is 1. The summed E-state index contributed by atoms with van der Waals surface area (Å²) in [5, 5.41) is 14.8. The minimum Gasteiger partial charge on any atom is -0.310 e. The molecule has 0 bridgehead atoms. The topological polar surface area (TPSA) is 55.2 Å². The van der Waals surface area contributed by atoms with Gasteiger partial charge in [-0.2, -0.15) is 0 Å². The van der Waals surface area contributed by atoms with Gasteiger partial charge in [0.25, 0.3) is 5.69 Å². The Bertz CT molecular complexity index is 642. The maximum atomic E-state index is 11.0. The van der Waals surface area contributed by atoms with Crippen LogP contribution in [-0.2, 0) is 13.0 Å². The van der Waals surface area contributed by atoms with Gasteiger partial charge in [0.05, 0.1) is 4.92 Å². The molecular formula is C15H17ClN2O2S. The molecule has 0 saturated heterocycles. The summed E-state index contributed by atoms with van der Waals surface area (Å²) in [6.07, 6.45) is 0.910. The lowest BCUT2D eigenvalue weighted by molar-refractivity contribution is -0.385. The van der Waals surface area contributed by atoms with E-state index >= 15 is 0 Å². The number of thiophene rings is 1. The van der Waals surface area contributed by atoms with Crippen LogP contribution in [0.4, 0.5) is 5.69 Å². The van der Waals surface area contributed by atoms with Crippen LogP contribution >= 0.6 is 22.9 Å². The summed E-state index contributed by atoms with van der Waals surface area (Å²) in [5.41, 5.74) is 0.716. The molecule has 0 aliphatic heterocycles. The molecule has 0 radical (unpaired) electrons. The molecule has 1 aromatic carbocycles. The van der Waals surface area contributed by atoms with E-state index < -0.39 is 0 Å². The minimum absolute atomic E-state index is 0.103. The van der Waals surface area contributed by atoms with E-state index in [1.165, 1.54) is 15.8 Å². The van der Waals surface area contributed by atoms with Crippen LogP contribution in [0.25, 0.3) is 0 Å². The van der Waals surface area contributed by atoms with E-state index in [9.17, 15) is 10.1 Å². The van der Waals surface area contributed by atoms with Gasteiger partial charge in [0.2, 0.25) is 0 Å². The van der Waals surface area contributed by atoms with Crippen LogP contribution in [0, 0.1) is 17.0 Å². The first-order valence-corrected chi connectivity index (χ1v) is 7.86. The van der Waals surface area contributed by atoms with Gasteiger partial charge in [-0.3, -0.25) is 10.1 Å². The van der Waals surface area contributed by atoms with Crippen molar-refractivity contribution in [3.63, 3.8) is 0 Å². The molecule has 2 rings (SSSR count). The number of nitrogens with zero attached hydrogens (tertiary/aromatic N) is 1. The Kier molecular flexibility index (Phi) is 5.33. The van der Waals surface area contributed by atoms with Crippen molar-refractivity contribution in [1.82, 2.24) is 5.32 Å². The van der Waals surface area contributed by atoms with Crippen molar-refractivity contribution in [2.75, 3.05) is 0 Å². The van der Waals surface area contributed by atoms with Gasteiger partial charge in [-0.05, 0) is 44.5 Å². The molecule has 4 nitrogen and oxygen atoms in total. The van der Waals surface area contributed by atoms with E-state index in [1.807, 2.05) is 0 Å². The lowest BCUT2D eigenvalue weighted by Crippen LogP contribution is -2.27. The summed E-state index contributed by atoms with van der Waals surface area (Å²) in [4.78, 5) is 13.2. The third-order valence-corrected chi connectivity index (χ3v) is 4.44. The van der Waals surface area contributed by atoms with Crippen LogP contribution in [0.2, 0.25) is 5.02 Å². The molecule has 0 spiro atoms. The number of halogens is 1. The molecular weight excluding hydrogens is 308 g/mol. The first kappa shape index (κ1) is 15.9. The van der Waals surface area contributed by atoms with Crippen molar-refractivity contribution >= 4 is 28.6 Å². The lowest BCUT2D eigenvalue weighted by Gasteiger charge is -2.13. The Morgan fingerprint density at radius 1 is 1.38 bits per heavy atom. The summed E-state index contributed by atoms with van der Waals surface area (Å²) in [5.74, 6) is 0. The van der Waals surface area contributed by atoms with Gasteiger partial charge in [0.1, 0.15) is 0 Å². The molecule has 6 heteroatoms. The second-order valence-electron chi connectivity index (χ2n) is 5.03. The lowest BCUT2D eigenvalue weighted by atomic mass is 10.1. The van der Waals surface area contributed by atoms with E-state index in [0.717, 1.165) is 6.42 Å². The zero-order chi connectivity index (χ0) is 15.4. The monoisotopic (exact) mass is 324 g/mol. The zero-order valence-electron chi connectivity index (χ0n) is 11.9. The van der Waals surface area contributed by atoms with Gasteiger partial charge in [-0.25, -0.2) is 0 Å². The Labute approximate surface area is 132 Å². The Hall–Kier alpha value is -1.43. The highest BCUT2D eigenvalue weighted by Crippen LogP contribution is 2.23. The summed E-state index contributed by atoms with van der Waals surface area (Å²) in [6, 6.07) is 9.11. The highest BCUT2D eigenvalue weighted by molar-refractivity contribution is 7.11. The molecule has 112 valence electrons. The molecule has 2 aromatic rings. The minimum atomic E-state index is -0.374. The number of aryl methyl sites for hydroxylation is 1. The Morgan fingerprint density at radius 2 is 2.14 bits per heavy atom. The van der Waals surface area contributed by atoms with Crippen LogP contribution in [0.3, 0.4) is 0 Å². The normalized spacial score (nSPS) is 12.3. The van der Waals surface area contributed by atoms with Gasteiger partial charge >= 0.3 is 0 Å². The van der Waals surface area contributed by atoms with Crippen LogP contribution in [0.5, 0.6) is 0 Å². The fourth-order valence-electron chi connectivity index (χ4n) is 2.13. The molecule has 0 fully saturated rings. The van der Waals surface area contributed by atoms with Crippen molar-refractivity contribution in [3.05, 3.63) is 60.8 Å². The van der Waals surface area contributed by atoms with Gasteiger partial charge in [0.15, 0.2) is 0 Å². The SMILES string of the molecule is Cc1ccc(CC(C)NCc2cc(Cl)ccc2[N+](=O)[O-])s1. The largest absolute Gasteiger partial charge is 0.310 e. The highest BCUT2D eigenvalue weighted by Gasteiger charge is 2.14. The van der Waals surface area contributed by atoms with Crippen molar-refractivity contribution in [1.29, 1.82) is 0 Å². The Balaban J connectivity index is 1.99. The summed E-state index contributed by atoms with van der Waals surface area (Å²) in [7, 11) is 0. The summed E-state index contributed by atoms with van der Waals surface area (Å²) >= 11 is 7.70. The molecule has 1 aromatic heterocycles. The molecule has 1 atom stereocenters. The molecule has 0 aliphatic rings. The van der Waals surface area contributed by atoms with Crippen molar-refractivity contribution in [3.8, 4) is 0 Å². The molecule has 1 heterocycles. The smallest absolute Gasteiger partial charge is 0.273 e. The second-order valence-corrected chi connectivity index (χ2v) is 6.84. The van der Waals surface area contributed by atoms with E-state index in [1.54, 1.807) is 23.5 Å². The van der Waals surface area contributed by atoms with E-state index in [0.29, 0.717) is 17.1 Å². The standard InChI is InChI=1S/C15H17ClN2O2S/c1-10(7-14-5-3-11(2)21-14)17-9-12-8-13(16)4-6-15(12)18(19)20/h3-6,8,10,17H,7,9H2,1-2H3. The van der Waals surface area contributed by atoms with E-state index in [2.05, 4.69) is 31.3 Å². The van der Waals surface area contributed by atoms with Crippen molar-refractivity contribution < 1.29 is 4.92 Å². The van der Waals surface area contributed by atoms with Gasteiger partial charge in [-0.1, -0.05) is 11.6 Å². The zero-order valence-corrected chi connectivity index (χ0v) is 13.5. The van der Waals surface area contributed by atoms with Crippen LogP contribution in [0.15, 0.2) is 30.3 Å². The fraction of sp³-hybridized carbons (Fsp3) is 0.333. The molecule has 0 saturated carbocycles. The van der Waals surface area contributed by atoms with Crippen LogP contribution in [0.1, 0.15) is 22.2 Å². The molecule has 21 heavy (non-hydrogen) atoms. The predicted molar refractivity (Wildman–Crippen MR) is 87.2 cm³/mol. The summed E-state index contributed by atoms with van der Waals surface area (Å²) in [6.45, 7) is 4.59. The summed E-state index contributed by atoms with van der Waals surface area (Å²) < 4.78 is 0. The van der Waals surface area contributed by atoms with Crippen molar-refractivity contribution in [2.45, 2.75) is 32.9 Å².